The van der Waals surface area contributed by atoms with Gasteiger partial charge in [0, 0.05) is 6.54 Å². The molecule has 2 aromatic carbocycles. The number of aromatic hydroxyl groups is 1. The monoisotopic (exact) mass is 257 g/mol. The quantitative estimate of drug-likeness (QED) is 0.782. The predicted molar refractivity (Wildman–Crippen MR) is 76.5 cm³/mol. The van der Waals surface area contributed by atoms with Gasteiger partial charge in [-0.25, -0.2) is 0 Å². The molecule has 3 nitrogen and oxygen atoms in total. The highest BCUT2D eigenvalue weighted by molar-refractivity contribution is 5.41. The lowest BCUT2D eigenvalue weighted by atomic mass is 10.1. The van der Waals surface area contributed by atoms with Crippen molar-refractivity contribution in [3.05, 3.63) is 59.7 Å². The third-order valence-corrected chi connectivity index (χ3v) is 3.01. The second-order valence-electron chi connectivity index (χ2n) is 4.42. The third kappa shape index (κ3) is 4.00. The van der Waals surface area contributed by atoms with Crippen LogP contribution < -0.4 is 10.1 Å². The number of phenols is 1. The Bertz CT molecular complexity index is 511. The SMILES string of the molecule is COc1cc(CNCCc2ccccc2)ccc1O. The molecule has 0 radical (unpaired) electrons. The maximum absolute atomic E-state index is 9.51. The number of hydrogen-bond donors (Lipinski definition) is 2. The van der Waals surface area contributed by atoms with Gasteiger partial charge in [-0.15, -0.1) is 0 Å². The van der Waals surface area contributed by atoms with Gasteiger partial charge in [-0.05, 0) is 36.2 Å². The van der Waals surface area contributed by atoms with Crippen molar-refractivity contribution in [1.29, 1.82) is 0 Å². The first kappa shape index (κ1) is 13.4. The van der Waals surface area contributed by atoms with Crippen molar-refractivity contribution in [1.82, 2.24) is 5.32 Å². The first-order valence-electron chi connectivity index (χ1n) is 6.40. The summed E-state index contributed by atoms with van der Waals surface area (Å²) in [5, 5.41) is 12.9. The maximum Gasteiger partial charge on any atom is 0.160 e. The zero-order chi connectivity index (χ0) is 13.5. The molecule has 100 valence electrons. The molecule has 2 aromatic rings. The van der Waals surface area contributed by atoms with Crippen LogP contribution in [0.3, 0.4) is 0 Å². The summed E-state index contributed by atoms with van der Waals surface area (Å²) < 4.78 is 5.08. The van der Waals surface area contributed by atoms with Gasteiger partial charge in [-0.2, -0.15) is 0 Å². The molecule has 2 rings (SSSR count). The molecular formula is C16H19NO2. The molecule has 0 atom stereocenters. The first-order valence-corrected chi connectivity index (χ1v) is 6.40. The van der Waals surface area contributed by atoms with E-state index in [1.54, 1.807) is 13.2 Å². The van der Waals surface area contributed by atoms with Crippen LogP contribution in [0.1, 0.15) is 11.1 Å². The molecule has 2 N–H and O–H groups in total. The van der Waals surface area contributed by atoms with Crippen molar-refractivity contribution < 1.29 is 9.84 Å². The maximum atomic E-state index is 9.51. The first-order chi connectivity index (χ1) is 9.29. The average Bonchev–Trinajstić information content (AvgIpc) is 2.46. The third-order valence-electron chi connectivity index (χ3n) is 3.01. The van der Waals surface area contributed by atoms with Crippen LogP contribution in [0.15, 0.2) is 48.5 Å². The van der Waals surface area contributed by atoms with E-state index in [0.29, 0.717) is 5.75 Å². The number of rotatable bonds is 6. The number of phenolic OH excluding ortho intramolecular Hbond substituents is 1. The van der Waals surface area contributed by atoms with E-state index in [1.807, 2.05) is 18.2 Å². The van der Waals surface area contributed by atoms with Gasteiger partial charge in [0.05, 0.1) is 7.11 Å². The van der Waals surface area contributed by atoms with Crippen molar-refractivity contribution in [3.63, 3.8) is 0 Å². The minimum atomic E-state index is 0.176. The van der Waals surface area contributed by atoms with Crippen molar-refractivity contribution in [2.24, 2.45) is 0 Å². The van der Waals surface area contributed by atoms with Crippen LogP contribution in [0.2, 0.25) is 0 Å². The van der Waals surface area contributed by atoms with Gasteiger partial charge in [-0.1, -0.05) is 36.4 Å². The van der Waals surface area contributed by atoms with E-state index in [1.165, 1.54) is 5.56 Å². The molecule has 0 unspecified atom stereocenters. The Morgan fingerprint density at radius 1 is 1.05 bits per heavy atom. The minimum Gasteiger partial charge on any atom is -0.504 e. The average molecular weight is 257 g/mol. The predicted octanol–water partition coefficient (Wildman–Crippen LogP) is 2.73. The highest BCUT2D eigenvalue weighted by Gasteiger charge is 2.02. The molecule has 0 saturated heterocycles. The molecule has 3 heteroatoms. The number of nitrogens with one attached hydrogen (secondary N) is 1. The summed E-state index contributed by atoms with van der Waals surface area (Å²) >= 11 is 0. The molecule has 0 saturated carbocycles. The second-order valence-corrected chi connectivity index (χ2v) is 4.42. The number of ether oxygens (including phenoxy) is 1. The largest absolute Gasteiger partial charge is 0.504 e. The van der Waals surface area contributed by atoms with E-state index in [2.05, 4.69) is 29.6 Å². The van der Waals surface area contributed by atoms with E-state index in [9.17, 15) is 5.11 Å². The molecule has 0 spiro atoms. The summed E-state index contributed by atoms with van der Waals surface area (Å²) in [5.74, 6) is 0.692. The van der Waals surface area contributed by atoms with E-state index in [4.69, 9.17) is 4.74 Å². The fraction of sp³-hybridized carbons (Fsp3) is 0.250. The summed E-state index contributed by atoms with van der Waals surface area (Å²) in [4.78, 5) is 0. The van der Waals surface area contributed by atoms with Gasteiger partial charge in [0.25, 0.3) is 0 Å². The van der Waals surface area contributed by atoms with Crippen LogP contribution in [0.25, 0.3) is 0 Å². The Morgan fingerprint density at radius 2 is 1.84 bits per heavy atom. The molecular weight excluding hydrogens is 238 g/mol. The Morgan fingerprint density at radius 3 is 2.58 bits per heavy atom. The van der Waals surface area contributed by atoms with Gasteiger partial charge in [0.1, 0.15) is 0 Å². The summed E-state index contributed by atoms with van der Waals surface area (Å²) in [6.45, 7) is 1.69. The van der Waals surface area contributed by atoms with Crippen molar-refractivity contribution in [2.75, 3.05) is 13.7 Å². The molecule has 0 heterocycles. The molecule has 0 fully saturated rings. The van der Waals surface area contributed by atoms with E-state index < -0.39 is 0 Å². The number of methoxy groups -OCH3 is 1. The summed E-state index contributed by atoms with van der Waals surface area (Å²) in [5.41, 5.74) is 2.43. The molecule has 0 aliphatic heterocycles. The topological polar surface area (TPSA) is 41.5 Å². The van der Waals surface area contributed by atoms with Gasteiger partial charge >= 0.3 is 0 Å². The van der Waals surface area contributed by atoms with E-state index in [0.717, 1.165) is 25.1 Å². The minimum absolute atomic E-state index is 0.176. The van der Waals surface area contributed by atoms with Crippen LogP contribution in [0.4, 0.5) is 0 Å². The number of benzene rings is 2. The van der Waals surface area contributed by atoms with Crippen LogP contribution in [0.5, 0.6) is 11.5 Å². The summed E-state index contributed by atoms with van der Waals surface area (Å²) in [7, 11) is 1.56. The van der Waals surface area contributed by atoms with Crippen molar-refractivity contribution in [2.45, 2.75) is 13.0 Å². The van der Waals surface area contributed by atoms with Crippen LogP contribution >= 0.6 is 0 Å². The van der Waals surface area contributed by atoms with Crippen LogP contribution in [-0.2, 0) is 13.0 Å². The Labute approximate surface area is 113 Å². The van der Waals surface area contributed by atoms with Crippen LogP contribution in [0, 0.1) is 0 Å². The van der Waals surface area contributed by atoms with Gasteiger partial charge < -0.3 is 15.2 Å². The smallest absolute Gasteiger partial charge is 0.160 e. The molecule has 0 aliphatic rings. The lowest BCUT2D eigenvalue weighted by molar-refractivity contribution is 0.373. The van der Waals surface area contributed by atoms with E-state index >= 15 is 0 Å². The Balaban J connectivity index is 1.80. The zero-order valence-electron chi connectivity index (χ0n) is 11.1. The second kappa shape index (κ2) is 6.81. The summed E-state index contributed by atoms with van der Waals surface area (Å²) in [6, 6.07) is 15.8. The normalized spacial score (nSPS) is 10.4. The molecule has 0 aliphatic carbocycles. The molecule has 0 aromatic heterocycles. The Kier molecular flexibility index (Phi) is 4.81. The number of hydrogen-bond acceptors (Lipinski definition) is 3. The summed E-state index contributed by atoms with van der Waals surface area (Å²) in [6.07, 6.45) is 1.01. The van der Waals surface area contributed by atoms with Crippen LogP contribution in [-0.4, -0.2) is 18.8 Å². The lowest BCUT2D eigenvalue weighted by Gasteiger charge is -2.08. The fourth-order valence-corrected chi connectivity index (χ4v) is 1.94. The van der Waals surface area contributed by atoms with E-state index in [-0.39, 0.29) is 5.75 Å². The molecule has 19 heavy (non-hydrogen) atoms. The van der Waals surface area contributed by atoms with Gasteiger partial charge in [-0.3, -0.25) is 0 Å². The Hall–Kier alpha value is -2.00. The van der Waals surface area contributed by atoms with Gasteiger partial charge in [0.2, 0.25) is 0 Å². The van der Waals surface area contributed by atoms with Gasteiger partial charge in [0.15, 0.2) is 11.5 Å². The highest BCUT2D eigenvalue weighted by Crippen LogP contribution is 2.26. The van der Waals surface area contributed by atoms with Crippen molar-refractivity contribution in [3.8, 4) is 11.5 Å². The van der Waals surface area contributed by atoms with Crippen molar-refractivity contribution >= 4 is 0 Å². The zero-order valence-corrected chi connectivity index (χ0v) is 11.1. The molecule has 0 amide bonds. The standard InChI is InChI=1S/C16H19NO2/c1-19-16-11-14(7-8-15(16)18)12-17-10-9-13-5-3-2-4-6-13/h2-8,11,17-18H,9-10,12H2,1H3. The molecule has 0 bridgehead atoms. The highest BCUT2D eigenvalue weighted by atomic mass is 16.5. The lowest BCUT2D eigenvalue weighted by Crippen LogP contribution is -2.16. The fourth-order valence-electron chi connectivity index (χ4n) is 1.94.